The number of hydrogen-bond acceptors (Lipinski definition) is 3. The van der Waals surface area contributed by atoms with Crippen LogP contribution in [0.15, 0.2) is 18.2 Å². The van der Waals surface area contributed by atoms with Crippen LogP contribution in [0.5, 0.6) is 5.75 Å². The molecular weight excluding hydrogens is 224 g/mol. The van der Waals surface area contributed by atoms with Crippen molar-refractivity contribution in [2.24, 2.45) is 5.41 Å². The van der Waals surface area contributed by atoms with E-state index in [4.69, 9.17) is 10.5 Å². The maximum Gasteiger partial charge on any atom is 0.123 e. The molecule has 0 bridgehead atoms. The summed E-state index contributed by atoms with van der Waals surface area (Å²) in [6.07, 6.45) is 0. The minimum Gasteiger partial charge on any atom is -0.494 e. The fourth-order valence-corrected chi connectivity index (χ4v) is 2.18. The first-order valence-corrected chi connectivity index (χ1v) is 6.51. The summed E-state index contributed by atoms with van der Waals surface area (Å²) in [5, 5.41) is 0. The number of hydrogen-bond donors (Lipinski definition) is 1. The second-order valence-electron chi connectivity index (χ2n) is 6.03. The maximum absolute atomic E-state index is 5.85. The van der Waals surface area contributed by atoms with Crippen molar-refractivity contribution in [3.63, 3.8) is 0 Å². The van der Waals surface area contributed by atoms with Crippen LogP contribution in [0.1, 0.15) is 33.3 Å². The van der Waals surface area contributed by atoms with Gasteiger partial charge in [-0.15, -0.1) is 0 Å². The lowest BCUT2D eigenvalue weighted by Gasteiger charge is -2.27. The third-order valence-corrected chi connectivity index (χ3v) is 2.57. The molecule has 0 aromatic heterocycles. The lowest BCUT2D eigenvalue weighted by atomic mass is 9.96. The molecular formula is C15H26N2O. The van der Waals surface area contributed by atoms with Crippen LogP contribution >= 0.6 is 0 Å². The molecule has 1 aromatic carbocycles. The van der Waals surface area contributed by atoms with Gasteiger partial charge in [-0.05, 0) is 37.6 Å². The summed E-state index contributed by atoms with van der Waals surface area (Å²) in [6.45, 7) is 11.3. The SMILES string of the molecule is CCOc1ccc(N)cc1CN(C)CC(C)(C)C. The molecule has 2 N–H and O–H groups in total. The fourth-order valence-electron chi connectivity index (χ4n) is 2.18. The van der Waals surface area contributed by atoms with Crippen molar-refractivity contribution in [3.05, 3.63) is 23.8 Å². The smallest absolute Gasteiger partial charge is 0.123 e. The van der Waals surface area contributed by atoms with Crippen LogP contribution < -0.4 is 10.5 Å². The summed E-state index contributed by atoms with van der Waals surface area (Å²) in [6, 6.07) is 5.85. The highest BCUT2D eigenvalue weighted by Crippen LogP contribution is 2.24. The summed E-state index contributed by atoms with van der Waals surface area (Å²) in [5.74, 6) is 0.937. The Morgan fingerprint density at radius 1 is 1.28 bits per heavy atom. The predicted molar refractivity (Wildman–Crippen MR) is 77.8 cm³/mol. The number of ether oxygens (including phenoxy) is 1. The van der Waals surface area contributed by atoms with E-state index in [0.29, 0.717) is 12.0 Å². The van der Waals surface area contributed by atoms with Crippen molar-refractivity contribution in [1.29, 1.82) is 0 Å². The summed E-state index contributed by atoms with van der Waals surface area (Å²) < 4.78 is 5.64. The number of benzene rings is 1. The first-order valence-electron chi connectivity index (χ1n) is 6.51. The molecule has 1 aromatic rings. The molecule has 0 aliphatic heterocycles. The average molecular weight is 250 g/mol. The molecule has 0 aliphatic carbocycles. The molecule has 0 heterocycles. The third-order valence-electron chi connectivity index (χ3n) is 2.57. The van der Waals surface area contributed by atoms with Gasteiger partial charge in [-0.2, -0.15) is 0 Å². The Kier molecular flexibility index (Phi) is 5.03. The van der Waals surface area contributed by atoms with Gasteiger partial charge in [-0.3, -0.25) is 0 Å². The summed E-state index contributed by atoms with van der Waals surface area (Å²) in [5.41, 5.74) is 8.09. The molecule has 1 rings (SSSR count). The average Bonchev–Trinajstić information content (AvgIpc) is 2.19. The minimum atomic E-state index is 0.293. The molecule has 0 fully saturated rings. The van der Waals surface area contributed by atoms with Crippen molar-refractivity contribution in [2.45, 2.75) is 34.2 Å². The Labute approximate surface area is 111 Å². The molecule has 0 atom stereocenters. The Morgan fingerprint density at radius 3 is 2.50 bits per heavy atom. The van der Waals surface area contributed by atoms with Crippen molar-refractivity contribution < 1.29 is 4.74 Å². The Bertz CT molecular complexity index is 383. The summed E-state index contributed by atoms with van der Waals surface area (Å²) >= 11 is 0. The molecule has 102 valence electrons. The van der Waals surface area contributed by atoms with Crippen LogP contribution in [0.2, 0.25) is 0 Å². The van der Waals surface area contributed by atoms with Gasteiger partial charge in [0.2, 0.25) is 0 Å². The molecule has 3 nitrogen and oxygen atoms in total. The van der Waals surface area contributed by atoms with Crippen molar-refractivity contribution in [2.75, 3.05) is 25.9 Å². The number of nitrogens with two attached hydrogens (primary N) is 1. The van der Waals surface area contributed by atoms with E-state index in [0.717, 1.165) is 30.1 Å². The van der Waals surface area contributed by atoms with E-state index in [2.05, 4.69) is 32.7 Å². The number of rotatable bonds is 5. The van der Waals surface area contributed by atoms with Gasteiger partial charge in [0.15, 0.2) is 0 Å². The molecule has 3 heteroatoms. The van der Waals surface area contributed by atoms with E-state index in [1.54, 1.807) is 0 Å². The standard InChI is InChI=1S/C15H26N2O/c1-6-18-14-8-7-13(16)9-12(14)10-17(5)11-15(2,3)4/h7-9H,6,10-11,16H2,1-5H3. The Morgan fingerprint density at radius 2 is 1.94 bits per heavy atom. The highest BCUT2D eigenvalue weighted by atomic mass is 16.5. The number of anilines is 1. The third kappa shape index (κ3) is 4.96. The van der Waals surface area contributed by atoms with E-state index < -0.39 is 0 Å². The van der Waals surface area contributed by atoms with Crippen molar-refractivity contribution >= 4 is 5.69 Å². The van der Waals surface area contributed by atoms with Crippen LogP contribution in [0, 0.1) is 5.41 Å². The van der Waals surface area contributed by atoms with Crippen LogP contribution in [0.25, 0.3) is 0 Å². The first kappa shape index (κ1) is 14.8. The molecule has 0 saturated heterocycles. The van der Waals surface area contributed by atoms with E-state index >= 15 is 0 Å². The highest BCUT2D eigenvalue weighted by Gasteiger charge is 2.15. The van der Waals surface area contributed by atoms with Gasteiger partial charge in [-0.1, -0.05) is 20.8 Å². The number of nitrogens with zero attached hydrogens (tertiary/aromatic N) is 1. The topological polar surface area (TPSA) is 38.5 Å². The van der Waals surface area contributed by atoms with E-state index in [-0.39, 0.29) is 0 Å². The van der Waals surface area contributed by atoms with Crippen LogP contribution in [-0.4, -0.2) is 25.1 Å². The maximum atomic E-state index is 5.85. The lowest BCUT2D eigenvalue weighted by molar-refractivity contribution is 0.217. The zero-order chi connectivity index (χ0) is 13.8. The molecule has 18 heavy (non-hydrogen) atoms. The van der Waals surface area contributed by atoms with E-state index in [9.17, 15) is 0 Å². The van der Waals surface area contributed by atoms with Crippen molar-refractivity contribution in [3.8, 4) is 5.75 Å². The summed E-state index contributed by atoms with van der Waals surface area (Å²) in [4.78, 5) is 2.30. The quantitative estimate of drug-likeness (QED) is 0.816. The Balaban J connectivity index is 2.78. The number of nitrogen functional groups attached to an aromatic ring is 1. The molecule has 0 radical (unpaired) electrons. The molecule has 0 amide bonds. The monoisotopic (exact) mass is 250 g/mol. The second kappa shape index (κ2) is 6.10. The van der Waals surface area contributed by atoms with Gasteiger partial charge in [0.1, 0.15) is 5.75 Å². The van der Waals surface area contributed by atoms with Crippen molar-refractivity contribution in [1.82, 2.24) is 4.90 Å². The fraction of sp³-hybridized carbons (Fsp3) is 0.600. The van der Waals surface area contributed by atoms with Gasteiger partial charge in [0, 0.05) is 24.3 Å². The van der Waals surface area contributed by atoms with E-state index in [1.165, 1.54) is 0 Å². The lowest BCUT2D eigenvalue weighted by Crippen LogP contribution is -2.29. The first-order chi connectivity index (χ1) is 8.31. The van der Waals surface area contributed by atoms with Gasteiger partial charge in [-0.25, -0.2) is 0 Å². The highest BCUT2D eigenvalue weighted by molar-refractivity contribution is 5.47. The summed E-state index contributed by atoms with van der Waals surface area (Å²) in [7, 11) is 2.13. The van der Waals surface area contributed by atoms with Crippen LogP contribution in [0.4, 0.5) is 5.69 Å². The van der Waals surface area contributed by atoms with Gasteiger partial charge < -0.3 is 15.4 Å². The van der Waals surface area contributed by atoms with Gasteiger partial charge in [0.25, 0.3) is 0 Å². The zero-order valence-corrected chi connectivity index (χ0v) is 12.3. The van der Waals surface area contributed by atoms with Gasteiger partial charge in [0.05, 0.1) is 6.61 Å². The second-order valence-corrected chi connectivity index (χ2v) is 6.03. The minimum absolute atomic E-state index is 0.293. The van der Waals surface area contributed by atoms with Crippen LogP contribution in [-0.2, 0) is 6.54 Å². The molecule has 0 unspecified atom stereocenters. The molecule has 0 aliphatic rings. The molecule has 0 saturated carbocycles. The van der Waals surface area contributed by atoms with Crippen LogP contribution in [0.3, 0.4) is 0 Å². The van der Waals surface area contributed by atoms with Gasteiger partial charge >= 0.3 is 0 Å². The normalized spacial score (nSPS) is 11.9. The zero-order valence-electron chi connectivity index (χ0n) is 12.3. The largest absolute Gasteiger partial charge is 0.494 e. The Hall–Kier alpha value is -1.22. The van der Waals surface area contributed by atoms with E-state index in [1.807, 2.05) is 25.1 Å². The molecule has 0 spiro atoms. The predicted octanol–water partition coefficient (Wildman–Crippen LogP) is 3.15.